The van der Waals surface area contributed by atoms with Gasteiger partial charge in [-0.25, -0.2) is 4.98 Å². The van der Waals surface area contributed by atoms with Crippen molar-refractivity contribution in [2.45, 2.75) is 5.41 Å². The Morgan fingerprint density at radius 2 is 0.786 bits per heavy atom. The Hall–Kier alpha value is -7.29. The number of pyridine rings is 1. The highest BCUT2D eigenvalue weighted by molar-refractivity contribution is 5.83. The van der Waals surface area contributed by atoms with Crippen molar-refractivity contribution in [3.63, 3.8) is 0 Å². The summed E-state index contributed by atoms with van der Waals surface area (Å²) in [5.74, 6) is 1.74. The molecular formula is C54H37NO. The van der Waals surface area contributed by atoms with Crippen LogP contribution < -0.4 is 4.74 Å². The molecule has 0 N–H and O–H groups in total. The molecule has 264 valence electrons. The van der Waals surface area contributed by atoms with Crippen LogP contribution in [0.4, 0.5) is 0 Å². The molecule has 0 unspecified atom stereocenters. The van der Waals surface area contributed by atoms with Crippen LogP contribution >= 0.6 is 0 Å². The smallest absolute Gasteiger partial charge is 0.140 e. The first-order valence-electron chi connectivity index (χ1n) is 19.1. The molecule has 0 fully saturated rings. The van der Waals surface area contributed by atoms with Gasteiger partial charge >= 0.3 is 0 Å². The van der Waals surface area contributed by atoms with Crippen LogP contribution in [0.2, 0.25) is 0 Å². The fourth-order valence-corrected chi connectivity index (χ4v) is 8.41. The highest BCUT2D eigenvalue weighted by Crippen LogP contribution is 2.57. The van der Waals surface area contributed by atoms with Crippen LogP contribution in [0.1, 0.15) is 22.3 Å². The van der Waals surface area contributed by atoms with E-state index in [9.17, 15) is 0 Å². The van der Waals surface area contributed by atoms with Crippen molar-refractivity contribution in [3.05, 3.63) is 247 Å². The molecule has 8 aromatic carbocycles. The quantitative estimate of drug-likeness (QED) is 0.164. The van der Waals surface area contributed by atoms with Crippen LogP contribution in [0.3, 0.4) is 0 Å². The summed E-state index contributed by atoms with van der Waals surface area (Å²) in [6, 6.07) is 79.7. The molecule has 0 amide bonds. The first-order valence-corrected chi connectivity index (χ1v) is 19.1. The predicted molar refractivity (Wildman–Crippen MR) is 230 cm³/mol. The zero-order chi connectivity index (χ0) is 37.3. The molecule has 0 saturated carbocycles. The Labute approximate surface area is 328 Å². The minimum atomic E-state index is -0.575. The lowest BCUT2D eigenvalue weighted by atomic mass is 9.63. The Kier molecular flexibility index (Phi) is 8.42. The maximum atomic E-state index is 6.97. The highest BCUT2D eigenvalue weighted by Gasteiger charge is 2.45. The molecule has 2 heteroatoms. The van der Waals surface area contributed by atoms with E-state index in [1.807, 2.05) is 6.07 Å². The molecule has 1 aliphatic heterocycles. The average Bonchev–Trinajstić information content (AvgIpc) is 3.29. The number of rotatable bonds is 7. The number of aromatic nitrogens is 1. The van der Waals surface area contributed by atoms with E-state index in [4.69, 9.17) is 9.72 Å². The SMILES string of the molecule is c1ccc(-c2cc(-c3ccccc3)nc(-c3cccc(-c4cccc(-c5cccc6c5Oc5ccccc5C6(c5ccccc5)c5ccccc5)c4)c3)c2)cc1. The number of para-hydroxylation sites is 2. The monoisotopic (exact) mass is 715 g/mol. The minimum absolute atomic E-state index is 0.575. The van der Waals surface area contributed by atoms with Gasteiger partial charge in [0.05, 0.1) is 16.8 Å². The standard InChI is InChI=1S/C54H37NO/c1-5-18-38(19-6-1)44-36-50(39-20-7-2-8-21-39)55-51(37-44)43-25-16-23-41(35-43)40-22-15-24-42(34-40)47-30-17-32-49-53(47)56-52-33-14-13-31-48(52)54(49,45-26-9-3-10-27-45)46-28-11-4-12-29-46/h1-37H. The van der Waals surface area contributed by atoms with E-state index >= 15 is 0 Å². The van der Waals surface area contributed by atoms with Gasteiger partial charge in [0.1, 0.15) is 11.5 Å². The van der Waals surface area contributed by atoms with Gasteiger partial charge < -0.3 is 4.74 Å². The van der Waals surface area contributed by atoms with Crippen molar-refractivity contribution in [3.8, 4) is 67.4 Å². The maximum absolute atomic E-state index is 6.97. The topological polar surface area (TPSA) is 22.1 Å². The second-order valence-electron chi connectivity index (χ2n) is 14.3. The van der Waals surface area contributed by atoms with Gasteiger partial charge in [-0.2, -0.15) is 0 Å². The third-order valence-electron chi connectivity index (χ3n) is 11.0. The summed E-state index contributed by atoms with van der Waals surface area (Å²) >= 11 is 0. The van der Waals surface area contributed by atoms with Crippen LogP contribution in [-0.2, 0) is 5.41 Å². The fourth-order valence-electron chi connectivity index (χ4n) is 8.41. The normalized spacial score (nSPS) is 12.6. The molecule has 56 heavy (non-hydrogen) atoms. The highest BCUT2D eigenvalue weighted by atomic mass is 16.5. The average molecular weight is 716 g/mol. The molecule has 2 heterocycles. The van der Waals surface area contributed by atoms with Crippen LogP contribution in [0.25, 0.3) is 55.9 Å². The summed E-state index contributed by atoms with van der Waals surface area (Å²) in [6.07, 6.45) is 0. The third-order valence-corrected chi connectivity index (χ3v) is 11.0. The molecule has 0 bridgehead atoms. The first kappa shape index (κ1) is 33.3. The van der Waals surface area contributed by atoms with E-state index in [1.54, 1.807) is 0 Å². The van der Waals surface area contributed by atoms with Gasteiger partial charge in [0.25, 0.3) is 0 Å². The molecule has 0 radical (unpaired) electrons. The van der Waals surface area contributed by atoms with Gasteiger partial charge in [0.15, 0.2) is 0 Å². The number of hydrogen-bond acceptors (Lipinski definition) is 2. The van der Waals surface area contributed by atoms with Crippen molar-refractivity contribution >= 4 is 0 Å². The summed E-state index contributed by atoms with van der Waals surface area (Å²) in [6.45, 7) is 0. The van der Waals surface area contributed by atoms with E-state index in [1.165, 1.54) is 11.1 Å². The molecule has 2 nitrogen and oxygen atoms in total. The lowest BCUT2D eigenvalue weighted by Gasteiger charge is -2.42. The minimum Gasteiger partial charge on any atom is -0.456 e. The van der Waals surface area contributed by atoms with E-state index in [0.717, 1.165) is 78.5 Å². The van der Waals surface area contributed by atoms with Gasteiger partial charge in [-0.05, 0) is 69.3 Å². The Balaban J connectivity index is 1.10. The third kappa shape index (κ3) is 5.80. The van der Waals surface area contributed by atoms with Crippen LogP contribution in [0.5, 0.6) is 11.5 Å². The van der Waals surface area contributed by atoms with Gasteiger partial charge in [-0.3, -0.25) is 0 Å². The van der Waals surface area contributed by atoms with E-state index in [-0.39, 0.29) is 0 Å². The number of hydrogen-bond donors (Lipinski definition) is 0. The number of ether oxygens (including phenoxy) is 1. The number of benzene rings is 8. The van der Waals surface area contributed by atoms with Crippen molar-refractivity contribution in [1.29, 1.82) is 0 Å². The maximum Gasteiger partial charge on any atom is 0.140 e. The largest absolute Gasteiger partial charge is 0.456 e. The molecule has 0 saturated heterocycles. The Morgan fingerprint density at radius 3 is 1.45 bits per heavy atom. The number of fused-ring (bicyclic) bond motifs is 2. The zero-order valence-corrected chi connectivity index (χ0v) is 30.7. The Bertz CT molecular complexity index is 2720. The van der Waals surface area contributed by atoms with Crippen molar-refractivity contribution in [2.24, 2.45) is 0 Å². The fraction of sp³-hybridized carbons (Fsp3) is 0.0185. The van der Waals surface area contributed by atoms with Crippen molar-refractivity contribution in [2.75, 3.05) is 0 Å². The molecule has 0 spiro atoms. The molecule has 9 aromatic rings. The van der Waals surface area contributed by atoms with E-state index in [0.29, 0.717) is 0 Å². The zero-order valence-electron chi connectivity index (χ0n) is 30.7. The molecule has 0 atom stereocenters. The summed E-state index contributed by atoms with van der Waals surface area (Å²) in [5, 5.41) is 0. The second-order valence-corrected chi connectivity index (χ2v) is 14.3. The number of nitrogens with zero attached hydrogens (tertiary/aromatic N) is 1. The summed E-state index contributed by atoms with van der Waals surface area (Å²) in [5.41, 5.74) is 14.8. The van der Waals surface area contributed by atoms with Crippen molar-refractivity contribution < 1.29 is 4.74 Å². The molecule has 1 aliphatic rings. The lowest BCUT2D eigenvalue weighted by Crippen LogP contribution is -2.34. The summed E-state index contributed by atoms with van der Waals surface area (Å²) < 4.78 is 6.97. The molecule has 10 rings (SSSR count). The van der Waals surface area contributed by atoms with E-state index in [2.05, 4.69) is 218 Å². The van der Waals surface area contributed by atoms with Crippen LogP contribution in [0.15, 0.2) is 224 Å². The van der Waals surface area contributed by atoms with Crippen LogP contribution in [0, 0.1) is 0 Å². The van der Waals surface area contributed by atoms with Gasteiger partial charge in [-0.15, -0.1) is 0 Å². The van der Waals surface area contributed by atoms with Gasteiger partial charge in [0, 0.05) is 27.8 Å². The van der Waals surface area contributed by atoms with E-state index < -0.39 is 5.41 Å². The van der Waals surface area contributed by atoms with Gasteiger partial charge in [0.2, 0.25) is 0 Å². The predicted octanol–water partition coefficient (Wildman–Crippen LogP) is 13.9. The summed E-state index contributed by atoms with van der Waals surface area (Å²) in [4.78, 5) is 5.21. The molecule has 0 aliphatic carbocycles. The first-order chi connectivity index (χ1) is 27.8. The second kappa shape index (κ2) is 14.2. The van der Waals surface area contributed by atoms with Gasteiger partial charge in [-0.1, -0.05) is 194 Å². The van der Waals surface area contributed by atoms with Crippen molar-refractivity contribution in [1.82, 2.24) is 4.98 Å². The lowest BCUT2D eigenvalue weighted by molar-refractivity contribution is 0.436. The molecular weight excluding hydrogens is 679 g/mol. The summed E-state index contributed by atoms with van der Waals surface area (Å²) in [7, 11) is 0. The van der Waals surface area contributed by atoms with Crippen LogP contribution in [-0.4, -0.2) is 4.98 Å². The molecule has 1 aromatic heterocycles. The Morgan fingerprint density at radius 1 is 0.321 bits per heavy atom.